The second-order valence-corrected chi connectivity index (χ2v) is 11.7. The molecule has 2 aromatic rings. The van der Waals surface area contributed by atoms with E-state index < -0.39 is 23.8 Å². The van der Waals surface area contributed by atoms with E-state index in [0.717, 1.165) is 32.1 Å². The average Bonchev–Trinajstić information content (AvgIpc) is 2.86. The number of hydrazine groups is 1. The van der Waals surface area contributed by atoms with Crippen LogP contribution >= 0.6 is 11.6 Å². The Hall–Kier alpha value is -3.06. The molecule has 2 aromatic carbocycles. The molecule has 0 spiro atoms. The van der Waals surface area contributed by atoms with Crippen LogP contribution in [0, 0.1) is 31.1 Å². The molecule has 196 valence electrons. The van der Waals surface area contributed by atoms with Gasteiger partial charge in [-0.2, -0.15) is 0 Å². The molecule has 0 heterocycles. The number of rotatable bonds is 6. The topological polar surface area (TPSA) is 93.7 Å². The van der Waals surface area contributed by atoms with Crippen LogP contribution < -0.4 is 15.6 Å². The molecule has 2 atom stereocenters. The number of esters is 1. The first-order valence-corrected chi connectivity index (χ1v) is 13.2. The summed E-state index contributed by atoms with van der Waals surface area (Å²) in [5.74, 6) is -0.186. The lowest BCUT2D eigenvalue weighted by molar-refractivity contribution is -0.175. The zero-order valence-corrected chi connectivity index (χ0v) is 22.2. The number of aryl methyl sites for hydroxylation is 2. The largest absolute Gasteiger partial charge is 0.496 e. The number of ether oxygens (including phenoxy) is 2. The number of carbonyl (C=O) groups is 3. The molecule has 4 bridgehead atoms. The molecule has 0 aromatic heterocycles. The fourth-order valence-corrected chi connectivity index (χ4v) is 7.45. The maximum Gasteiger partial charge on any atom is 0.312 e. The number of methoxy groups -OCH3 is 1. The standard InChI is InChI=1S/C29H33ClN2O5/c1-17-4-5-21(8-18(17)2)28-11-19-9-20(12-28)14-29(13-19,16-28)27(35)37-15-25(33)31-32-26(34)23-10-22(30)6-7-24(23)36-3/h4-8,10,19-20H,9,11-16H2,1-3H3,(H,31,33)(H,32,34)/t19-,20-,28?,29?/m1/s1. The van der Waals surface area contributed by atoms with Crippen molar-refractivity contribution >= 4 is 29.4 Å². The molecular formula is C29H33ClN2O5. The van der Waals surface area contributed by atoms with Crippen molar-refractivity contribution < 1.29 is 23.9 Å². The molecule has 8 heteroatoms. The number of benzene rings is 2. The minimum absolute atomic E-state index is 0.00614. The Bertz CT molecular complexity index is 1240. The van der Waals surface area contributed by atoms with Crippen molar-refractivity contribution in [2.24, 2.45) is 17.3 Å². The van der Waals surface area contributed by atoms with Gasteiger partial charge in [0.05, 0.1) is 18.1 Å². The van der Waals surface area contributed by atoms with Crippen LogP contribution in [0.25, 0.3) is 0 Å². The molecule has 37 heavy (non-hydrogen) atoms. The molecule has 7 nitrogen and oxygen atoms in total. The molecule has 2 amide bonds. The van der Waals surface area contributed by atoms with Gasteiger partial charge < -0.3 is 9.47 Å². The number of carbonyl (C=O) groups excluding carboxylic acids is 3. The van der Waals surface area contributed by atoms with Crippen molar-refractivity contribution in [3.05, 3.63) is 63.7 Å². The van der Waals surface area contributed by atoms with E-state index in [-0.39, 0.29) is 16.9 Å². The Morgan fingerprint density at radius 3 is 2.38 bits per heavy atom. The molecule has 0 radical (unpaired) electrons. The molecule has 4 fully saturated rings. The summed E-state index contributed by atoms with van der Waals surface area (Å²) in [5.41, 5.74) is 8.14. The lowest BCUT2D eigenvalue weighted by Gasteiger charge is -2.61. The third-order valence-corrected chi connectivity index (χ3v) is 8.90. The predicted octanol–water partition coefficient (Wildman–Crippen LogP) is 4.81. The number of hydrogen-bond donors (Lipinski definition) is 2. The van der Waals surface area contributed by atoms with Crippen molar-refractivity contribution in [3.63, 3.8) is 0 Å². The molecule has 4 aliphatic rings. The lowest BCUT2D eigenvalue weighted by Crippen LogP contribution is -2.57. The molecule has 0 unspecified atom stereocenters. The Morgan fingerprint density at radius 1 is 0.973 bits per heavy atom. The minimum atomic E-state index is -0.615. The molecule has 0 aliphatic heterocycles. The van der Waals surface area contributed by atoms with Crippen LogP contribution in [-0.2, 0) is 19.7 Å². The van der Waals surface area contributed by atoms with Crippen molar-refractivity contribution in [2.75, 3.05) is 13.7 Å². The van der Waals surface area contributed by atoms with Crippen molar-refractivity contribution in [3.8, 4) is 5.75 Å². The minimum Gasteiger partial charge on any atom is -0.496 e. The summed E-state index contributed by atoms with van der Waals surface area (Å²) in [6.45, 7) is 3.80. The van der Waals surface area contributed by atoms with Gasteiger partial charge in [-0.3, -0.25) is 25.2 Å². The molecule has 4 saturated carbocycles. The molecule has 4 aliphatic carbocycles. The maximum atomic E-state index is 13.5. The summed E-state index contributed by atoms with van der Waals surface area (Å²) in [5, 5.41) is 0.361. The monoisotopic (exact) mass is 524 g/mol. The van der Waals surface area contributed by atoms with Gasteiger partial charge in [0.2, 0.25) is 0 Å². The fraction of sp³-hybridized carbons (Fsp3) is 0.483. The lowest BCUT2D eigenvalue weighted by atomic mass is 9.43. The maximum absolute atomic E-state index is 13.5. The smallest absolute Gasteiger partial charge is 0.312 e. The first-order valence-electron chi connectivity index (χ1n) is 12.8. The van der Waals surface area contributed by atoms with Gasteiger partial charge in [0, 0.05) is 5.02 Å². The van der Waals surface area contributed by atoms with Crippen LogP contribution in [0.2, 0.25) is 5.02 Å². The number of halogens is 1. The molecular weight excluding hydrogens is 492 g/mol. The average molecular weight is 525 g/mol. The summed E-state index contributed by atoms with van der Waals surface area (Å²) >= 11 is 5.98. The van der Waals surface area contributed by atoms with Gasteiger partial charge in [-0.05, 0) is 105 Å². The second kappa shape index (κ2) is 9.67. The van der Waals surface area contributed by atoms with E-state index in [1.54, 1.807) is 12.1 Å². The second-order valence-electron chi connectivity index (χ2n) is 11.2. The van der Waals surface area contributed by atoms with Crippen molar-refractivity contribution in [1.29, 1.82) is 0 Å². The highest BCUT2D eigenvalue weighted by Gasteiger charge is 2.61. The van der Waals surface area contributed by atoms with Gasteiger partial charge in [0.15, 0.2) is 6.61 Å². The third-order valence-electron chi connectivity index (χ3n) is 8.67. The summed E-state index contributed by atoms with van der Waals surface area (Å²) in [6, 6.07) is 11.3. The normalized spacial score (nSPS) is 27.5. The third kappa shape index (κ3) is 4.81. The summed E-state index contributed by atoms with van der Waals surface area (Å²) in [7, 11) is 1.44. The quantitative estimate of drug-likeness (QED) is 0.418. The van der Waals surface area contributed by atoms with Gasteiger partial charge in [-0.1, -0.05) is 29.8 Å². The van der Waals surface area contributed by atoms with E-state index >= 15 is 0 Å². The Morgan fingerprint density at radius 2 is 1.70 bits per heavy atom. The van der Waals surface area contributed by atoms with E-state index in [4.69, 9.17) is 21.1 Å². The summed E-state index contributed by atoms with van der Waals surface area (Å²) in [4.78, 5) is 38.4. The van der Waals surface area contributed by atoms with Crippen LogP contribution in [0.3, 0.4) is 0 Å². The number of nitrogens with one attached hydrogen (secondary N) is 2. The Kier molecular flexibility index (Phi) is 6.69. The van der Waals surface area contributed by atoms with Gasteiger partial charge in [0.25, 0.3) is 11.8 Å². The van der Waals surface area contributed by atoms with Crippen LogP contribution in [0.5, 0.6) is 5.75 Å². The highest BCUT2D eigenvalue weighted by atomic mass is 35.5. The number of hydrogen-bond acceptors (Lipinski definition) is 5. The highest BCUT2D eigenvalue weighted by molar-refractivity contribution is 6.31. The van der Waals surface area contributed by atoms with Gasteiger partial charge in [0.1, 0.15) is 5.75 Å². The molecule has 0 saturated heterocycles. The van der Waals surface area contributed by atoms with Crippen molar-refractivity contribution in [1.82, 2.24) is 10.9 Å². The van der Waals surface area contributed by atoms with E-state index in [2.05, 4.69) is 42.9 Å². The van der Waals surface area contributed by atoms with Gasteiger partial charge in [-0.15, -0.1) is 0 Å². The van der Waals surface area contributed by atoms with Gasteiger partial charge in [-0.25, -0.2) is 0 Å². The van der Waals surface area contributed by atoms with Crippen LogP contribution in [0.15, 0.2) is 36.4 Å². The van der Waals surface area contributed by atoms with Crippen LogP contribution in [0.4, 0.5) is 0 Å². The first-order chi connectivity index (χ1) is 17.6. The Balaban J connectivity index is 1.22. The van der Waals surface area contributed by atoms with Gasteiger partial charge >= 0.3 is 5.97 Å². The summed E-state index contributed by atoms with van der Waals surface area (Å²) in [6.07, 6.45) is 5.80. The van der Waals surface area contributed by atoms with E-state index in [1.165, 1.54) is 36.3 Å². The first kappa shape index (κ1) is 25.6. The van der Waals surface area contributed by atoms with Crippen LogP contribution in [-0.4, -0.2) is 31.5 Å². The zero-order chi connectivity index (χ0) is 26.4. The predicted molar refractivity (Wildman–Crippen MR) is 139 cm³/mol. The van der Waals surface area contributed by atoms with E-state index in [9.17, 15) is 14.4 Å². The van der Waals surface area contributed by atoms with E-state index in [0.29, 0.717) is 22.6 Å². The van der Waals surface area contributed by atoms with Crippen molar-refractivity contribution in [2.45, 2.75) is 57.8 Å². The van der Waals surface area contributed by atoms with Crippen LogP contribution in [0.1, 0.15) is 65.6 Å². The SMILES string of the molecule is COc1ccc(Cl)cc1C(=O)NNC(=O)COC(=O)C12C[C@@H]3C[C@@H](C1)CC(c1ccc(C)c(C)c1)(C3)C2. The molecule has 6 rings (SSSR count). The zero-order valence-electron chi connectivity index (χ0n) is 21.5. The fourth-order valence-electron chi connectivity index (χ4n) is 7.28. The number of amides is 2. The van der Waals surface area contributed by atoms with E-state index in [1.807, 2.05) is 0 Å². The highest BCUT2D eigenvalue weighted by Crippen LogP contribution is 2.66. The molecule has 2 N–H and O–H groups in total. The Labute approximate surface area is 222 Å². The summed E-state index contributed by atoms with van der Waals surface area (Å²) < 4.78 is 10.7.